The van der Waals surface area contributed by atoms with E-state index in [9.17, 15) is 10.1 Å². The first kappa shape index (κ1) is 11.4. The zero-order chi connectivity index (χ0) is 13.4. The van der Waals surface area contributed by atoms with Crippen LogP contribution < -0.4 is 0 Å². The highest BCUT2D eigenvalue weighted by molar-refractivity contribution is 5.73. The number of nitro groups is 1. The summed E-state index contributed by atoms with van der Waals surface area (Å²) in [5.74, 6) is -0.111. The Morgan fingerprint density at radius 3 is 2.58 bits per heavy atom. The van der Waals surface area contributed by atoms with Crippen LogP contribution in [0.1, 0.15) is 5.56 Å². The van der Waals surface area contributed by atoms with Crippen molar-refractivity contribution in [2.75, 3.05) is 0 Å². The van der Waals surface area contributed by atoms with E-state index in [0.717, 1.165) is 11.1 Å². The topological polar surface area (TPSA) is 60.4 Å². The van der Waals surface area contributed by atoms with E-state index in [1.54, 1.807) is 10.6 Å². The highest BCUT2D eigenvalue weighted by Crippen LogP contribution is 2.31. The zero-order valence-corrected chi connectivity index (χ0v) is 10.3. The number of fused-ring (bicyclic) bond motifs is 1. The van der Waals surface area contributed by atoms with Crippen molar-refractivity contribution < 1.29 is 4.92 Å². The third-order valence-corrected chi connectivity index (χ3v) is 3.05. The summed E-state index contributed by atoms with van der Waals surface area (Å²) in [6.45, 7) is 1.89. The Balaban J connectivity index is 2.42. The monoisotopic (exact) mass is 253 g/mol. The third kappa shape index (κ3) is 1.76. The predicted molar refractivity (Wildman–Crippen MR) is 72.0 cm³/mol. The second kappa shape index (κ2) is 4.20. The van der Waals surface area contributed by atoms with Crippen LogP contribution in [-0.4, -0.2) is 14.3 Å². The lowest BCUT2D eigenvalue weighted by molar-refractivity contribution is -0.388. The Morgan fingerprint density at radius 2 is 1.89 bits per heavy atom. The van der Waals surface area contributed by atoms with E-state index in [1.807, 2.05) is 49.4 Å². The normalized spacial score (nSPS) is 10.8. The van der Waals surface area contributed by atoms with Crippen molar-refractivity contribution in [3.63, 3.8) is 0 Å². The molecule has 5 nitrogen and oxygen atoms in total. The Kier molecular flexibility index (Phi) is 2.52. The maximum absolute atomic E-state index is 11.2. The number of benzene rings is 1. The minimum absolute atomic E-state index is 0.111. The second-order valence-corrected chi connectivity index (χ2v) is 4.29. The van der Waals surface area contributed by atoms with Crippen LogP contribution in [0.25, 0.3) is 16.9 Å². The van der Waals surface area contributed by atoms with Gasteiger partial charge >= 0.3 is 5.82 Å². The lowest BCUT2D eigenvalue weighted by Gasteiger charge is -2.01. The molecule has 0 aliphatic carbocycles. The molecule has 3 aromatic rings. The molecule has 19 heavy (non-hydrogen) atoms. The first-order valence-electron chi connectivity index (χ1n) is 5.86. The molecule has 0 saturated heterocycles. The molecule has 5 heteroatoms. The second-order valence-electron chi connectivity index (χ2n) is 4.29. The van der Waals surface area contributed by atoms with E-state index < -0.39 is 4.92 Å². The highest BCUT2D eigenvalue weighted by atomic mass is 16.6. The summed E-state index contributed by atoms with van der Waals surface area (Å²) in [7, 11) is 0. The van der Waals surface area contributed by atoms with Gasteiger partial charge in [0.2, 0.25) is 0 Å². The number of rotatable bonds is 2. The van der Waals surface area contributed by atoms with E-state index in [2.05, 4.69) is 4.98 Å². The van der Waals surface area contributed by atoms with Crippen LogP contribution in [0.5, 0.6) is 0 Å². The Labute approximate surface area is 109 Å². The smallest absolute Gasteiger partial charge is 0.358 e. The Hall–Kier alpha value is -2.69. The maximum Gasteiger partial charge on any atom is 0.390 e. The van der Waals surface area contributed by atoms with Crippen LogP contribution in [0.2, 0.25) is 0 Å². The SMILES string of the molecule is Cc1cccn2c(-c3ccccc3)c([N+](=O)[O-])nc12. The molecular formula is C14H11N3O2. The van der Waals surface area contributed by atoms with Crippen LogP contribution in [0.15, 0.2) is 48.7 Å². The van der Waals surface area contributed by atoms with Gasteiger partial charge in [-0.25, -0.2) is 0 Å². The average molecular weight is 253 g/mol. The molecule has 0 N–H and O–H groups in total. The van der Waals surface area contributed by atoms with Crippen LogP contribution >= 0.6 is 0 Å². The summed E-state index contributed by atoms with van der Waals surface area (Å²) in [5.41, 5.74) is 2.83. The molecule has 2 heterocycles. The molecule has 0 fully saturated rings. The standard InChI is InChI=1S/C14H11N3O2/c1-10-6-5-9-16-12(11-7-3-2-4-8-11)14(17(18)19)15-13(10)16/h2-9H,1H3. The molecule has 0 saturated carbocycles. The average Bonchev–Trinajstić information content (AvgIpc) is 2.81. The van der Waals surface area contributed by atoms with E-state index in [4.69, 9.17) is 0 Å². The van der Waals surface area contributed by atoms with Gasteiger partial charge in [0.1, 0.15) is 0 Å². The highest BCUT2D eigenvalue weighted by Gasteiger charge is 2.24. The third-order valence-electron chi connectivity index (χ3n) is 3.05. The number of hydrogen-bond donors (Lipinski definition) is 0. The van der Waals surface area contributed by atoms with E-state index in [0.29, 0.717) is 11.3 Å². The quantitative estimate of drug-likeness (QED) is 0.520. The summed E-state index contributed by atoms with van der Waals surface area (Å²) in [5, 5.41) is 11.2. The van der Waals surface area contributed by atoms with Crippen molar-refractivity contribution in [3.8, 4) is 11.3 Å². The summed E-state index contributed by atoms with van der Waals surface area (Å²) in [6, 6.07) is 13.0. The van der Waals surface area contributed by atoms with Crippen molar-refractivity contribution in [1.82, 2.24) is 9.38 Å². The molecule has 2 aromatic heterocycles. The molecule has 0 aliphatic heterocycles. The molecule has 0 bridgehead atoms. The maximum atomic E-state index is 11.2. The van der Waals surface area contributed by atoms with E-state index in [-0.39, 0.29) is 5.82 Å². The molecule has 0 amide bonds. The van der Waals surface area contributed by atoms with E-state index in [1.165, 1.54) is 0 Å². The van der Waals surface area contributed by atoms with Crippen LogP contribution in [-0.2, 0) is 0 Å². The van der Waals surface area contributed by atoms with Crippen LogP contribution in [0.4, 0.5) is 5.82 Å². The number of aryl methyl sites for hydroxylation is 1. The van der Waals surface area contributed by atoms with E-state index >= 15 is 0 Å². The number of nitrogens with zero attached hydrogens (tertiary/aromatic N) is 3. The molecular weight excluding hydrogens is 242 g/mol. The van der Waals surface area contributed by atoms with Gasteiger partial charge in [-0.15, -0.1) is 0 Å². The van der Waals surface area contributed by atoms with Gasteiger partial charge in [-0.2, -0.15) is 0 Å². The number of aromatic nitrogens is 2. The number of pyridine rings is 1. The van der Waals surface area contributed by atoms with Gasteiger partial charge in [0.15, 0.2) is 5.69 Å². The number of imidazole rings is 1. The van der Waals surface area contributed by atoms with Gasteiger partial charge in [-0.05, 0) is 22.9 Å². The first-order valence-corrected chi connectivity index (χ1v) is 5.86. The Morgan fingerprint density at radius 1 is 1.16 bits per heavy atom. The summed E-state index contributed by atoms with van der Waals surface area (Å²) < 4.78 is 1.77. The molecule has 0 radical (unpaired) electrons. The van der Waals surface area contributed by atoms with Crippen LogP contribution in [0, 0.1) is 17.0 Å². The zero-order valence-electron chi connectivity index (χ0n) is 10.3. The summed E-state index contributed by atoms with van der Waals surface area (Å²) in [4.78, 5) is 14.9. The van der Waals surface area contributed by atoms with Crippen molar-refractivity contribution >= 4 is 11.5 Å². The van der Waals surface area contributed by atoms with Gasteiger partial charge < -0.3 is 10.1 Å². The molecule has 0 aliphatic rings. The molecule has 3 rings (SSSR count). The van der Waals surface area contributed by atoms with Gasteiger partial charge in [0, 0.05) is 17.3 Å². The van der Waals surface area contributed by atoms with Gasteiger partial charge in [-0.3, -0.25) is 4.40 Å². The minimum Gasteiger partial charge on any atom is -0.358 e. The van der Waals surface area contributed by atoms with Crippen LogP contribution in [0.3, 0.4) is 0 Å². The first-order chi connectivity index (χ1) is 9.18. The fourth-order valence-electron chi connectivity index (χ4n) is 2.18. The molecule has 94 valence electrons. The molecule has 0 atom stereocenters. The lowest BCUT2D eigenvalue weighted by atomic mass is 10.1. The minimum atomic E-state index is -0.436. The fourth-order valence-corrected chi connectivity index (χ4v) is 2.18. The lowest BCUT2D eigenvalue weighted by Crippen LogP contribution is -1.93. The largest absolute Gasteiger partial charge is 0.390 e. The number of hydrogen-bond acceptors (Lipinski definition) is 3. The van der Waals surface area contributed by atoms with Crippen molar-refractivity contribution in [2.24, 2.45) is 0 Å². The van der Waals surface area contributed by atoms with Crippen molar-refractivity contribution in [1.29, 1.82) is 0 Å². The fraction of sp³-hybridized carbons (Fsp3) is 0.0714. The Bertz CT molecular complexity index is 763. The van der Waals surface area contributed by atoms with Crippen molar-refractivity contribution in [3.05, 3.63) is 64.3 Å². The summed E-state index contributed by atoms with van der Waals surface area (Å²) >= 11 is 0. The summed E-state index contributed by atoms with van der Waals surface area (Å²) in [6.07, 6.45) is 1.80. The van der Waals surface area contributed by atoms with Gasteiger partial charge in [-0.1, -0.05) is 36.4 Å². The molecule has 1 aromatic carbocycles. The van der Waals surface area contributed by atoms with Gasteiger partial charge in [0.25, 0.3) is 5.65 Å². The molecule has 0 spiro atoms. The van der Waals surface area contributed by atoms with Crippen molar-refractivity contribution in [2.45, 2.75) is 6.92 Å². The predicted octanol–water partition coefficient (Wildman–Crippen LogP) is 3.22. The van der Waals surface area contributed by atoms with Gasteiger partial charge in [0.05, 0.1) is 0 Å². The molecule has 0 unspecified atom stereocenters.